The highest BCUT2D eigenvalue weighted by molar-refractivity contribution is 6.24. The van der Waals surface area contributed by atoms with Gasteiger partial charge in [0, 0.05) is 0 Å². The summed E-state index contributed by atoms with van der Waals surface area (Å²) in [7, 11) is 0. The fourth-order valence-electron chi connectivity index (χ4n) is 6.63. The fraction of sp³-hybridized carbons (Fsp3) is 0.267. The van der Waals surface area contributed by atoms with Crippen molar-refractivity contribution in [3.63, 3.8) is 0 Å². The van der Waals surface area contributed by atoms with Crippen LogP contribution in [0.3, 0.4) is 0 Å². The zero-order valence-corrected chi connectivity index (χ0v) is 19.6. The van der Waals surface area contributed by atoms with E-state index in [1.807, 2.05) is 48.5 Å². The minimum absolute atomic E-state index is 0.208. The number of hydrogen-bond acceptors (Lipinski definition) is 4. The Bertz CT molecular complexity index is 1280. The second kappa shape index (κ2) is 7.72. The molecule has 4 unspecified atom stereocenters. The molecular formula is C30H24N2O4. The number of benzene rings is 3. The van der Waals surface area contributed by atoms with Gasteiger partial charge in [-0.3, -0.25) is 19.2 Å². The molecule has 4 atom stereocenters. The molecule has 6 nitrogen and oxygen atoms in total. The molecule has 0 bridgehead atoms. The summed E-state index contributed by atoms with van der Waals surface area (Å²) in [6, 6.07) is 22.7. The number of anilines is 2. The van der Waals surface area contributed by atoms with E-state index in [2.05, 4.69) is 0 Å². The Hall–Kier alpha value is -4.06. The van der Waals surface area contributed by atoms with Crippen LogP contribution in [-0.2, 0) is 44.9 Å². The number of rotatable bonds is 2. The van der Waals surface area contributed by atoms with Gasteiger partial charge in [0.1, 0.15) is 0 Å². The van der Waals surface area contributed by atoms with Crippen molar-refractivity contribution in [1.82, 2.24) is 0 Å². The van der Waals surface area contributed by atoms with Crippen molar-refractivity contribution in [2.75, 3.05) is 9.80 Å². The minimum atomic E-state index is -0.382. The van der Waals surface area contributed by atoms with E-state index < -0.39 is 0 Å². The highest BCUT2D eigenvalue weighted by Gasteiger charge is 2.52. The normalized spacial score (nSPS) is 26.6. The van der Waals surface area contributed by atoms with Crippen LogP contribution in [0.4, 0.5) is 11.4 Å². The van der Waals surface area contributed by atoms with Crippen molar-refractivity contribution < 1.29 is 19.2 Å². The first-order valence-corrected chi connectivity index (χ1v) is 12.5. The zero-order valence-electron chi connectivity index (χ0n) is 19.6. The standard InChI is InChI=1S/C30H24N2O4/c33-27-23-12-17-6-1-2-7-18(17)13-24(23)28(34)31(27)21-10-5-11-22(16-21)32-29(35)25-14-19-8-3-4-9-20(19)15-26(25)30(32)36/h1-11,16,23-26H,12-15H2. The minimum Gasteiger partial charge on any atom is -0.274 e. The van der Waals surface area contributed by atoms with Gasteiger partial charge >= 0.3 is 0 Å². The summed E-state index contributed by atoms with van der Waals surface area (Å²) in [5.74, 6) is -2.36. The lowest BCUT2D eigenvalue weighted by atomic mass is 9.77. The summed E-state index contributed by atoms with van der Waals surface area (Å²) in [5.41, 5.74) is 5.30. The molecule has 2 heterocycles. The summed E-state index contributed by atoms with van der Waals surface area (Å²) in [6.07, 6.45) is 2.20. The van der Waals surface area contributed by atoms with Crippen molar-refractivity contribution >= 4 is 35.0 Å². The second-order valence-corrected chi connectivity index (χ2v) is 10.3. The van der Waals surface area contributed by atoms with Gasteiger partial charge in [0.15, 0.2) is 0 Å². The number of carbonyl (C=O) groups excluding carboxylic acids is 4. The van der Waals surface area contributed by atoms with Crippen LogP contribution >= 0.6 is 0 Å². The van der Waals surface area contributed by atoms with Crippen LogP contribution in [0.1, 0.15) is 22.3 Å². The number of carbonyl (C=O) groups is 4. The Kier molecular flexibility index (Phi) is 4.55. The summed E-state index contributed by atoms with van der Waals surface area (Å²) in [5, 5.41) is 0. The molecule has 36 heavy (non-hydrogen) atoms. The number of fused-ring (bicyclic) bond motifs is 4. The van der Waals surface area contributed by atoms with Crippen molar-refractivity contribution in [3.05, 3.63) is 95.1 Å². The van der Waals surface area contributed by atoms with Gasteiger partial charge < -0.3 is 0 Å². The third-order valence-corrected chi connectivity index (χ3v) is 8.46. The maximum Gasteiger partial charge on any atom is 0.238 e. The topological polar surface area (TPSA) is 74.8 Å². The highest BCUT2D eigenvalue weighted by Crippen LogP contribution is 2.42. The van der Waals surface area contributed by atoms with Crippen molar-refractivity contribution in [3.8, 4) is 0 Å². The molecule has 4 aliphatic rings. The molecule has 0 N–H and O–H groups in total. The fourth-order valence-corrected chi connectivity index (χ4v) is 6.63. The number of hydrogen-bond donors (Lipinski definition) is 0. The van der Waals surface area contributed by atoms with Gasteiger partial charge in [-0.2, -0.15) is 0 Å². The van der Waals surface area contributed by atoms with E-state index in [9.17, 15) is 19.2 Å². The Morgan fingerprint density at radius 3 is 1.06 bits per heavy atom. The van der Waals surface area contributed by atoms with Crippen LogP contribution in [0.15, 0.2) is 72.8 Å². The van der Waals surface area contributed by atoms with Crippen molar-refractivity contribution in [2.45, 2.75) is 25.7 Å². The van der Waals surface area contributed by atoms with Crippen LogP contribution in [-0.4, -0.2) is 23.6 Å². The predicted octanol–water partition coefficient (Wildman–Crippen LogP) is 3.50. The van der Waals surface area contributed by atoms with Gasteiger partial charge in [-0.1, -0.05) is 54.6 Å². The maximum atomic E-state index is 13.4. The van der Waals surface area contributed by atoms with Gasteiger partial charge in [0.2, 0.25) is 23.6 Å². The van der Waals surface area contributed by atoms with E-state index in [-0.39, 0.29) is 47.3 Å². The molecule has 178 valence electrons. The van der Waals surface area contributed by atoms with E-state index in [0.717, 1.165) is 22.3 Å². The zero-order chi connectivity index (χ0) is 24.6. The monoisotopic (exact) mass is 476 g/mol. The molecule has 3 aromatic carbocycles. The molecule has 4 amide bonds. The van der Waals surface area contributed by atoms with E-state index in [1.165, 1.54) is 9.80 Å². The lowest BCUT2D eigenvalue weighted by Crippen LogP contribution is -2.33. The smallest absolute Gasteiger partial charge is 0.238 e. The molecule has 2 aliphatic heterocycles. The second-order valence-electron chi connectivity index (χ2n) is 10.3. The van der Waals surface area contributed by atoms with Crippen LogP contribution in [0.2, 0.25) is 0 Å². The van der Waals surface area contributed by atoms with E-state index >= 15 is 0 Å². The lowest BCUT2D eigenvalue weighted by molar-refractivity contribution is -0.124. The molecule has 6 heteroatoms. The van der Waals surface area contributed by atoms with Crippen LogP contribution in [0, 0.1) is 23.7 Å². The maximum absolute atomic E-state index is 13.4. The molecule has 2 fully saturated rings. The van der Waals surface area contributed by atoms with Gasteiger partial charge in [-0.25, -0.2) is 9.80 Å². The Labute approximate surface area is 208 Å². The molecule has 0 aromatic heterocycles. The average Bonchev–Trinajstić information content (AvgIpc) is 3.29. The molecule has 2 saturated heterocycles. The van der Waals surface area contributed by atoms with Gasteiger partial charge in [0.05, 0.1) is 35.0 Å². The molecule has 0 spiro atoms. The molecular weight excluding hydrogens is 452 g/mol. The summed E-state index contributed by atoms with van der Waals surface area (Å²) < 4.78 is 0. The SMILES string of the molecule is O=C1C2Cc3ccccc3CC2C(=O)N1c1cccc(N2C(=O)C3Cc4ccccc4CC3C2=O)c1. The average molecular weight is 477 g/mol. The van der Waals surface area contributed by atoms with E-state index in [0.29, 0.717) is 37.1 Å². The van der Waals surface area contributed by atoms with Gasteiger partial charge in [-0.05, 0) is 66.1 Å². The van der Waals surface area contributed by atoms with Crippen LogP contribution in [0.25, 0.3) is 0 Å². The largest absolute Gasteiger partial charge is 0.274 e. The van der Waals surface area contributed by atoms with Gasteiger partial charge in [0.25, 0.3) is 0 Å². The van der Waals surface area contributed by atoms with E-state index in [1.54, 1.807) is 24.3 Å². The van der Waals surface area contributed by atoms with Crippen molar-refractivity contribution in [1.29, 1.82) is 0 Å². The van der Waals surface area contributed by atoms with E-state index in [4.69, 9.17) is 0 Å². The molecule has 3 aromatic rings. The number of imide groups is 2. The first kappa shape index (κ1) is 21.2. The Morgan fingerprint density at radius 1 is 0.444 bits per heavy atom. The van der Waals surface area contributed by atoms with Gasteiger partial charge in [-0.15, -0.1) is 0 Å². The molecule has 2 aliphatic carbocycles. The Morgan fingerprint density at radius 2 is 0.750 bits per heavy atom. The summed E-state index contributed by atoms with van der Waals surface area (Å²) in [4.78, 5) is 56.2. The van der Waals surface area contributed by atoms with Crippen LogP contribution < -0.4 is 9.80 Å². The molecule has 0 radical (unpaired) electrons. The van der Waals surface area contributed by atoms with Crippen LogP contribution in [0.5, 0.6) is 0 Å². The highest BCUT2D eigenvalue weighted by atomic mass is 16.2. The molecule has 7 rings (SSSR count). The van der Waals surface area contributed by atoms with Crippen molar-refractivity contribution in [2.24, 2.45) is 23.7 Å². The third kappa shape index (κ3) is 2.97. The number of nitrogens with zero attached hydrogens (tertiary/aromatic N) is 2. The quantitative estimate of drug-likeness (QED) is 0.531. The first-order valence-electron chi connectivity index (χ1n) is 12.5. The predicted molar refractivity (Wildman–Crippen MR) is 133 cm³/mol. The molecule has 0 saturated carbocycles. The number of amides is 4. The third-order valence-electron chi connectivity index (χ3n) is 8.46. The Balaban J connectivity index is 1.19. The lowest BCUT2D eigenvalue weighted by Gasteiger charge is -2.23. The summed E-state index contributed by atoms with van der Waals surface area (Å²) >= 11 is 0. The summed E-state index contributed by atoms with van der Waals surface area (Å²) in [6.45, 7) is 0. The first-order chi connectivity index (χ1) is 17.5.